The van der Waals surface area contributed by atoms with Gasteiger partial charge in [0.1, 0.15) is 11.2 Å². The van der Waals surface area contributed by atoms with E-state index in [-0.39, 0.29) is 5.41 Å². The molecule has 9 aromatic carbocycles. The minimum atomic E-state index is -0.374. The van der Waals surface area contributed by atoms with Crippen LogP contribution < -0.4 is 4.90 Å². The molecular weight excluding hydrogens is 703 g/mol. The van der Waals surface area contributed by atoms with Gasteiger partial charge in [-0.25, -0.2) is 0 Å². The molecule has 274 valence electrons. The zero-order valence-electron chi connectivity index (χ0n) is 32.1. The monoisotopic (exact) mass is 741 g/mol. The van der Waals surface area contributed by atoms with E-state index in [1.807, 2.05) is 0 Å². The Morgan fingerprint density at radius 1 is 0.345 bits per heavy atom. The first-order valence-electron chi connectivity index (χ1n) is 20.0. The highest BCUT2D eigenvalue weighted by molar-refractivity contribution is 6.10. The van der Waals surface area contributed by atoms with Crippen LogP contribution in [0.5, 0.6) is 0 Å². The summed E-state index contributed by atoms with van der Waals surface area (Å²) in [6.07, 6.45) is 0. The highest BCUT2D eigenvalue weighted by Gasteiger charge is 2.42. The third-order valence-electron chi connectivity index (χ3n) is 12.1. The van der Waals surface area contributed by atoms with Crippen LogP contribution in [0, 0.1) is 0 Å². The lowest BCUT2D eigenvalue weighted by molar-refractivity contribution is 0.666. The first-order chi connectivity index (χ1) is 28.6. The molecule has 1 aliphatic carbocycles. The fourth-order valence-electron chi connectivity index (χ4n) is 9.33. The normalized spacial score (nSPS) is 12.7. The maximum absolute atomic E-state index is 6.72. The fraction of sp³-hybridized carbons (Fsp3) is 0.0357. The third-order valence-corrected chi connectivity index (χ3v) is 12.1. The number of hydrogen-bond donors (Lipinski definition) is 0. The molecule has 58 heavy (non-hydrogen) atoms. The average molecular weight is 742 g/mol. The van der Waals surface area contributed by atoms with E-state index in [1.165, 1.54) is 50.1 Å². The Bertz CT molecular complexity index is 3000. The topological polar surface area (TPSA) is 16.4 Å². The van der Waals surface area contributed by atoms with E-state index in [0.29, 0.717) is 0 Å². The van der Waals surface area contributed by atoms with E-state index in [0.717, 1.165) is 50.1 Å². The van der Waals surface area contributed by atoms with Crippen molar-refractivity contribution in [3.8, 4) is 44.5 Å². The van der Waals surface area contributed by atoms with Gasteiger partial charge in [-0.2, -0.15) is 0 Å². The van der Waals surface area contributed by atoms with E-state index < -0.39 is 0 Å². The molecule has 0 saturated carbocycles. The van der Waals surface area contributed by atoms with Crippen molar-refractivity contribution in [3.63, 3.8) is 0 Å². The SMILES string of the molecule is CC1(c2cccc3oc4ccc(N(c5ccc(-c6ccccc6)cc5)c5cc(-c6ccccc6)cc(-c6ccccc6)c5)cc4c23)c2ccccc2-c2ccccc21. The molecule has 0 spiro atoms. The molecule has 0 aliphatic heterocycles. The van der Waals surface area contributed by atoms with Crippen molar-refractivity contribution in [1.82, 2.24) is 0 Å². The number of benzene rings is 9. The summed E-state index contributed by atoms with van der Waals surface area (Å²) in [4.78, 5) is 2.40. The van der Waals surface area contributed by atoms with Crippen LogP contribution in [-0.4, -0.2) is 0 Å². The molecule has 1 aliphatic rings. The fourth-order valence-corrected chi connectivity index (χ4v) is 9.33. The molecule has 2 nitrogen and oxygen atoms in total. The maximum Gasteiger partial charge on any atom is 0.135 e. The van der Waals surface area contributed by atoms with Gasteiger partial charge >= 0.3 is 0 Å². The number of anilines is 3. The molecule has 2 heteroatoms. The summed E-state index contributed by atoms with van der Waals surface area (Å²) in [6.45, 7) is 2.38. The Morgan fingerprint density at radius 2 is 0.828 bits per heavy atom. The minimum absolute atomic E-state index is 0.374. The third kappa shape index (κ3) is 5.49. The number of rotatable bonds is 7. The molecular formula is C56H39NO. The van der Waals surface area contributed by atoms with Crippen LogP contribution in [0.2, 0.25) is 0 Å². The molecule has 0 bridgehead atoms. The van der Waals surface area contributed by atoms with Crippen LogP contribution >= 0.6 is 0 Å². The van der Waals surface area contributed by atoms with Gasteiger partial charge in [0.05, 0.1) is 0 Å². The van der Waals surface area contributed by atoms with Crippen molar-refractivity contribution in [3.05, 3.63) is 235 Å². The van der Waals surface area contributed by atoms with Crippen molar-refractivity contribution >= 4 is 39.0 Å². The Hall–Kier alpha value is -7.42. The van der Waals surface area contributed by atoms with Gasteiger partial charge in [-0.1, -0.05) is 164 Å². The van der Waals surface area contributed by atoms with Gasteiger partial charge in [-0.05, 0) is 123 Å². The highest BCUT2D eigenvalue weighted by atomic mass is 16.3. The van der Waals surface area contributed by atoms with Crippen molar-refractivity contribution < 1.29 is 4.42 Å². The molecule has 0 fully saturated rings. The summed E-state index contributed by atoms with van der Waals surface area (Å²) in [6, 6.07) is 78.9. The van der Waals surface area contributed by atoms with Crippen molar-refractivity contribution in [2.24, 2.45) is 0 Å². The maximum atomic E-state index is 6.72. The van der Waals surface area contributed by atoms with Gasteiger partial charge in [0.2, 0.25) is 0 Å². The van der Waals surface area contributed by atoms with Crippen LogP contribution in [0.1, 0.15) is 23.6 Å². The molecule has 0 N–H and O–H groups in total. The van der Waals surface area contributed by atoms with Crippen LogP contribution in [0.3, 0.4) is 0 Å². The Kier molecular flexibility index (Phi) is 7.97. The lowest BCUT2D eigenvalue weighted by Gasteiger charge is -2.29. The van der Waals surface area contributed by atoms with Gasteiger partial charge in [-0.15, -0.1) is 0 Å². The van der Waals surface area contributed by atoms with Gasteiger partial charge in [-0.3, -0.25) is 0 Å². The molecule has 1 aromatic heterocycles. The lowest BCUT2D eigenvalue weighted by Crippen LogP contribution is -2.22. The van der Waals surface area contributed by atoms with E-state index >= 15 is 0 Å². The quantitative estimate of drug-likeness (QED) is 0.162. The minimum Gasteiger partial charge on any atom is -0.456 e. The second-order valence-electron chi connectivity index (χ2n) is 15.4. The summed E-state index contributed by atoms with van der Waals surface area (Å²) in [5.74, 6) is 0. The molecule has 0 radical (unpaired) electrons. The summed E-state index contributed by atoms with van der Waals surface area (Å²) >= 11 is 0. The van der Waals surface area contributed by atoms with Gasteiger partial charge in [0, 0.05) is 33.2 Å². The van der Waals surface area contributed by atoms with E-state index in [4.69, 9.17) is 4.42 Å². The summed E-state index contributed by atoms with van der Waals surface area (Å²) in [7, 11) is 0. The first kappa shape index (κ1) is 33.9. The Balaban J connectivity index is 1.15. The van der Waals surface area contributed by atoms with Crippen LogP contribution in [-0.2, 0) is 5.41 Å². The molecule has 0 atom stereocenters. The number of nitrogens with zero attached hydrogens (tertiary/aromatic N) is 1. The van der Waals surface area contributed by atoms with Crippen LogP contribution in [0.4, 0.5) is 17.1 Å². The number of fused-ring (bicyclic) bond motifs is 6. The van der Waals surface area contributed by atoms with Gasteiger partial charge in [0.15, 0.2) is 0 Å². The molecule has 0 saturated heterocycles. The first-order valence-corrected chi connectivity index (χ1v) is 20.0. The van der Waals surface area contributed by atoms with Gasteiger partial charge < -0.3 is 9.32 Å². The van der Waals surface area contributed by atoms with Gasteiger partial charge in [0.25, 0.3) is 0 Å². The second-order valence-corrected chi connectivity index (χ2v) is 15.4. The lowest BCUT2D eigenvalue weighted by atomic mass is 9.73. The molecule has 1 heterocycles. The van der Waals surface area contributed by atoms with E-state index in [9.17, 15) is 0 Å². The molecule has 0 unspecified atom stereocenters. The standard InChI is InChI=1S/C56H39NO/c1-56(50-24-13-11-22-47(50)48-23-12-14-25-51(48)56)52-26-15-27-54-55(52)49-37-45(32-33-53(49)58-54)57(44-30-28-41(29-31-44)38-16-5-2-6-17-38)46-35-42(39-18-7-3-8-19-39)34-43(36-46)40-20-9-4-10-21-40/h2-37H,1H3. The predicted molar refractivity (Wildman–Crippen MR) is 242 cm³/mol. The highest BCUT2D eigenvalue weighted by Crippen LogP contribution is 2.54. The Morgan fingerprint density at radius 3 is 1.41 bits per heavy atom. The zero-order chi connectivity index (χ0) is 38.6. The number of furan rings is 1. The zero-order valence-corrected chi connectivity index (χ0v) is 32.1. The molecule has 0 amide bonds. The van der Waals surface area contributed by atoms with Crippen molar-refractivity contribution in [2.45, 2.75) is 12.3 Å². The Labute approximate surface area is 338 Å². The summed E-state index contributed by atoms with van der Waals surface area (Å²) < 4.78 is 6.72. The van der Waals surface area contributed by atoms with Crippen molar-refractivity contribution in [1.29, 1.82) is 0 Å². The summed E-state index contributed by atoms with van der Waals surface area (Å²) in [5.41, 5.74) is 18.1. The van der Waals surface area contributed by atoms with E-state index in [1.54, 1.807) is 0 Å². The largest absolute Gasteiger partial charge is 0.456 e. The van der Waals surface area contributed by atoms with E-state index in [2.05, 4.69) is 230 Å². The van der Waals surface area contributed by atoms with Crippen LogP contribution in [0.25, 0.3) is 66.4 Å². The number of hydrogen-bond acceptors (Lipinski definition) is 2. The molecule has 11 rings (SSSR count). The van der Waals surface area contributed by atoms with Crippen molar-refractivity contribution in [2.75, 3.05) is 4.90 Å². The smallest absolute Gasteiger partial charge is 0.135 e. The van der Waals surface area contributed by atoms with Crippen LogP contribution in [0.15, 0.2) is 223 Å². The molecule has 10 aromatic rings. The predicted octanol–water partition coefficient (Wildman–Crippen LogP) is 15.4. The summed E-state index contributed by atoms with van der Waals surface area (Å²) in [5, 5.41) is 2.25. The second kappa shape index (κ2) is 13.7. The average Bonchev–Trinajstić information content (AvgIpc) is 3.80.